The third kappa shape index (κ3) is 4.33. The molecule has 0 aliphatic rings. The second kappa shape index (κ2) is 6.00. The van der Waals surface area contributed by atoms with E-state index in [1.807, 2.05) is 19.1 Å². The molecule has 5 nitrogen and oxygen atoms in total. The van der Waals surface area contributed by atoms with Crippen LogP contribution in [-0.4, -0.2) is 32.9 Å². The summed E-state index contributed by atoms with van der Waals surface area (Å²) in [6, 6.07) is 7.23. The van der Waals surface area contributed by atoms with E-state index in [1.54, 1.807) is 12.1 Å². The lowest BCUT2D eigenvalue weighted by Gasteiger charge is -2.18. The van der Waals surface area contributed by atoms with Crippen molar-refractivity contribution in [1.82, 2.24) is 4.31 Å². The fourth-order valence-electron chi connectivity index (χ4n) is 1.37. The van der Waals surface area contributed by atoms with Crippen molar-refractivity contribution in [2.24, 2.45) is 5.73 Å². The summed E-state index contributed by atoms with van der Waals surface area (Å²) in [5.74, 6) is 0. The molecule has 0 aromatic heterocycles. The smallest absolute Gasteiger partial charge is 0.301 e. The first-order valence-corrected chi connectivity index (χ1v) is 6.90. The van der Waals surface area contributed by atoms with Crippen molar-refractivity contribution >= 4 is 15.9 Å². The van der Waals surface area contributed by atoms with E-state index >= 15 is 0 Å². The fraction of sp³-hybridized carbons (Fsp3) is 0.455. The van der Waals surface area contributed by atoms with Gasteiger partial charge in [-0.1, -0.05) is 12.1 Å². The highest BCUT2D eigenvalue weighted by Crippen LogP contribution is 2.12. The molecule has 0 heterocycles. The van der Waals surface area contributed by atoms with Crippen LogP contribution in [0.15, 0.2) is 24.3 Å². The maximum atomic E-state index is 11.9. The number of hydrogen-bond donors (Lipinski definition) is 2. The van der Waals surface area contributed by atoms with Crippen molar-refractivity contribution in [3.05, 3.63) is 29.8 Å². The highest BCUT2D eigenvalue weighted by Gasteiger charge is 2.16. The van der Waals surface area contributed by atoms with Crippen LogP contribution in [0.3, 0.4) is 0 Å². The molecule has 0 unspecified atom stereocenters. The van der Waals surface area contributed by atoms with E-state index < -0.39 is 10.2 Å². The molecule has 17 heavy (non-hydrogen) atoms. The Morgan fingerprint density at radius 2 is 2.12 bits per heavy atom. The Morgan fingerprint density at radius 1 is 1.41 bits per heavy atom. The first kappa shape index (κ1) is 14.0. The summed E-state index contributed by atoms with van der Waals surface area (Å²) in [5, 5.41) is 0. The van der Waals surface area contributed by atoms with Crippen LogP contribution in [0.4, 0.5) is 5.69 Å². The second-order valence-electron chi connectivity index (χ2n) is 3.94. The molecule has 0 spiro atoms. The van der Waals surface area contributed by atoms with Gasteiger partial charge in [-0.15, -0.1) is 0 Å². The first-order valence-electron chi connectivity index (χ1n) is 5.46. The number of aryl methyl sites for hydroxylation is 1. The molecular formula is C11H19N3O2S. The van der Waals surface area contributed by atoms with Gasteiger partial charge in [0.2, 0.25) is 0 Å². The maximum absolute atomic E-state index is 11.9. The number of nitrogens with zero attached hydrogens (tertiary/aromatic N) is 1. The highest BCUT2D eigenvalue weighted by molar-refractivity contribution is 7.90. The fourth-order valence-corrected chi connectivity index (χ4v) is 2.32. The zero-order valence-electron chi connectivity index (χ0n) is 10.2. The number of hydrogen-bond acceptors (Lipinski definition) is 3. The molecule has 1 aromatic carbocycles. The molecule has 0 aliphatic heterocycles. The molecule has 3 N–H and O–H groups in total. The zero-order valence-corrected chi connectivity index (χ0v) is 11.0. The standard InChI is InChI=1S/C11H19N3O2S/c1-10-5-3-6-11(9-10)13-17(15,16)14(2)8-4-7-12/h3,5-6,9,13H,4,7-8,12H2,1-2H3. The van der Waals surface area contributed by atoms with Crippen LogP contribution in [0, 0.1) is 6.92 Å². The van der Waals surface area contributed by atoms with E-state index in [-0.39, 0.29) is 0 Å². The highest BCUT2D eigenvalue weighted by atomic mass is 32.2. The van der Waals surface area contributed by atoms with Crippen LogP contribution in [0.2, 0.25) is 0 Å². The number of anilines is 1. The van der Waals surface area contributed by atoms with Gasteiger partial charge in [-0.3, -0.25) is 4.72 Å². The van der Waals surface area contributed by atoms with E-state index in [9.17, 15) is 8.42 Å². The molecule has 0 aliphatic carbocycles. The quantitative estimate of drug-likeness (QED) is 0.796. The summed E-state index contributed by atoms with van der Waals surface area (Å²) >= 11 is 0. The third-order valence-corrected chi connectivity index (χ3v) is 3.85. The molecule has 0 radical (unpaired) electrons. The van der Waals surface area contributed by atoms with E-state index in [2.05, 4.69) is 4.72 Å². The van der Waals surface area contributed by atoms with Gasteiger partial charge in [0.15, 0.2) is 0 Å². The number of rotatable bonds is 6. The Bertz CT molecular complexity index is 460. The summed E-state index contributed by atoms with van der Waals surface area (Å²) in [4.78, 5) is 0. The van der Waals surface area contributed by atoms with Gasteiger partial charge in [0.1, 0.15) is 0 Å². The molecule has 1 aromatic rings. The first-order chi connectivity index (χ1) is 7.95. The van der Waals surface area contributed by atoms with Gasteiger partial charge in [0.25, 0.3) is 0 Å². The second-order valence-corrected chi connectivity index (χ2v) is 5.72. The largest absolute Gasteiger partial charge is 0.330 e. The Balaban J connectivity index is 2.72. The summed E-state index contributed by atoms with van der Waals surface area (Å²) in [6.45, 7) is 2.80. The van der Waals surface area contributed by atoms with Gasteiger partial charge >= 0.3 is 10.2 Å². The SMILES string of the molecule is Cc1cccc(NS(=O)(=O)N(C)CCCN)c1. The number of nitrogens with two attached hydrogens (primary N) is 1. The summed E-state index contributed by atoms with van der Waals surface area (Å²) in [5.41, 5.74) is 6.93. The zero-order chi connectivity index (χ0) is 12.9. The predicted molar refractivity (Wildman–Crippen MR) is 70.0 cm³/mol. The summed E-state index contributed by atoms with van der Waals surface area (Å²) in [6.07, 6.45) is 0.644. The maximum Gasteiger partial charge on any atom is 0.301 e. The van der Waals surface area contributed by atoms with Gasteiger partial charge in [0, 0.05) is 13.6 Å². The van der Waals surface area contributed by atoms with Crippen LogP contribution < -0.4 is 10.5 Å². The minimum absolute atomic E-state index is 0.414. The molecule has 96 valence electrons. The molecular weight excluding hydrogens is 238 g/mol. The van der Waals surface area contributed by atoms with Crippen molar-refractivity contribution < 1.29 is 8.42 Å². The normalized spacial score (nSPS) is 11.8. The van der Waals surface area contributed by atoms with Gasteiger partial charge in [0.05, 0.1) is 5.69 Å². The van der Waals surface area contributed by atoms with Crippen molar-refractivity contribution in [3.8, 4) is 0 Å². The summed E-state index contributed by atoms with van der Waals surface area (Å²) < 4.78 is 27.6. The topological polar surface area (TPSA) is 75.4 Å². The lowest BCUT2D eigenvalue weighted by Crippen LogP contribution is -2.34. The Morgan fingerprint density at radius 3 is 2.71 bits per heavy atom. The molecule has 0 atom stereocenters. The molecule has 0 fully saturated rings. The van der Waals surface area contributed by atoms with Crippen molar-refractivity contribution in [3.63, 3.8) is 0 Å². The van der Waals surface area contributed by atoms with E-state index in [0.29, 0.717) is 25.2 Å². The lowest BCUT2D eigenvalue weighted by molar-refractivity contribution is 0.468. The summed E-state index contributed by atoms with van der Waals surface area (Å²) in [7, 11) is -1.94. The van der Waals surface area contributed by atoms with Gasteiger partial charge in [-0.2, -0.15) is 12.7 Å². The molecule has 0 saturated carbocycles. The molecule has 0 saturated heterocycles. The van der Waals surface area contributed by atoms with Crippen LogP contribution in [0.25, 0.3) is 0 Å². The molecule has 0 amide bonds. The number of nitrogens with one attached hydrogen (secondary N) is 1. The minimum atomic E-state index is -3.47. The van der Waals surface area contributed by atoms with E-state index in [1.165, 1.54) is 11.4 Å². The van der Waals surface area contributed by atoms with Crippen LogP contribution in [0.5, 0.6) is 0 Å². The minimum Gasteiger partial charge on any atom is -0.330 e. The van der Waals surface area contributed by atoms with Gasteiger partial charge < -0.3 is 5.73 Å². The van der Waals surface area contributed by atoms with Crippen LogP contribution >= 0.6 is 0 Å². The van der Waals surface area contributed by atoms with Crippen LogP contribution in [-0.2, 0) is 10.2 Å². The molecule has 0 bridgehead atoms. The van der Waals surface area contributed by atoms with Crippen molar-refractivity contribution in [1.29, 1.82) is 0 Å². The lowest BCUT2D eigenvalue weighted by atomic mass is 10.2. The molecule has 6 heteroatoms. The monoisotopic (exact) mass is 257 g/mol. The van der Waals surface area contributed by atoms with E-state index in [4.69, 9.17) is 5.73 Å². The van der Waals surface area contributed by atoms with E-state index in [0.717, 1.165) is 5.56 Å². The van der Waals surface area contributed by atoms with Gasteiger partial charge in [-0.05, 0) is 37.6 Å². The van der Waals surface area contributed by atoms with Crippen molar-refractivity contribution in [2.45, 2.75) is 13.3 Å². The molecule has 1 rings (SSSR count). The van der Waals surface area contributed by atoms with Crippen LogP contribution in [0.1, 0.15) is 12.0 Å². The average Bonchev–Trinajstić information content (AvgIpc) is 2.25. The Kier molecular flexibility index (Phi) is 4.92. The Labute approximate surface area is 103 Å². The average molecular weight is 257 g/mol. The van der Waals surface area contributed by atoms with Crippen molar-refractivity contribution in [2.75, 3.05) is 24.9 Å². The Hall–Kier alpha value is -1.11. The number of benzene rings is 1. The predicted octanol–water partition coefficient (Wildman–Crippen LogP) is 0.932. The van der Waals surface area contributed by atoms with Gasteiger partial charge in [-0.25, -0.2) is 0 Å². The third-order valence-electron chi connectivity index (χ3n) is 2.35.